The van der Waals surface area contributed by atoms with Crippen LogP contribution < -0.4 is 5.73 Å². The highest BCUT2D eigenvalue weighted by molar-refractivity contribution is 5.23. The van der Waals surface area contributed by atoms with E-state index >= 15 is 0 Å². The first-order chi connectivity index (χ1) is 7.79. The van der Waals surface area contributed by atoms with Crippen LogP contribution in [0.1, 0.15) is 32.4 Å². The van der Waals surface area contributed by atoms with Crippen molar-refractivity contribution in [3.63, 3.8) is 0 Å². The summed E-state index contributed by atoms with van der Waals surface area (Å²) in [6, 6.07) is 3.31. The average Bonchev–Trinajstić information content (AvgIpc) is 2.20. The van der Waals surface area contributed by atoms with Crippen LogP contribution in [0.25, 0.3) is 0 Å². The van der Waals surface area contributed by atoms with Crippen molar-refractivity contribution >= 4 is 0 Å². The number of ether oxygens (including phenoxy) is 1. The fourth-order valence-corrected chi connectivity index (χ4v) is 1.98. The molecule has 2 unspecified atom stereocenters. The second kappa shape index (κ2) is 5.10. The van der Waals surface area contributed by atoms with E-state index in [9.17, 15) is 8.78 Å². The van der Waals surface area contributed by atoms with Crippen LogP contribution in [-0.2, 0) is 4.74 Å². The first-order valence-electron chi connectivity index (χ1n) is 5.51. The van der Waals surface area contributed by atoms with Crippen LogP contribution in [0.15, 0.2) is 18.2 Å². The topological polar surface area (TPSA) is 35.2 Å². The minimum Gasteiger partial charge on any atom is -0.379 e. The van der Waals surface area contributed by atoms with Crippen LogP contribution in [-0.4, -0.2) is 13.2 Å². The van der Waals surface area contributed by atoms with Gasteiger partial charge in [-0.15, -0.1) is 0 Å². The molecule has 1 rings (SSSR count). The molecule has 2 nitrogen and oxygen atoms in total. The van der Waals surface area contributed by atoms with Gasteiger partial charge in [-0.25, -0.2) is 8.78 Å². The molecule has 2 atom stereocenters. The van der Waals surface area contributed by atoms with Gasteiger partial charge in [0, 0.05) is 12.7 Å². The van der Waals surface area contributed by atoms with Gasteiger partial charge in [0.25, 0.3) is 0 Å². The molecular weight excluding hydrogens is 224 g/mol. The number of hydrogen-bond acceptors (Lipinski definition) is 2. The molecule has 0 fully saturated rings. The standard InChI is InChI=1S/C13H19F2NO/c1-13(2,3)12(17-4)11(16)8-6-5-7-9(14)10(8)15/h5-7,11-12H,16H2,1-4H3. The van der Waals surface area contributed by atoms with Gasteiger partial charge in [-0.05, 0) is 11.5 Å². The minimum absolute atomic E-state index is 0.145. The second-order valence-corrected chi connectivity index (χ2v) is 5.19. The first kappa shape index (κ1) is 14.1. The Morgan fingerprint density at radius 2 is 1.82 bits per heavy atom. The summed E-state index contributed by atoms with van der Waals surface area (Å²) in [7, 11) is 1.52. The third-order valence-electron chi connectivity index (χ3n) is 2.77. The maximum Gasteiger partial charge on any atom is 0.163 e. The zero-order chi connectivity index (χ0) is 13.2. The third-order valence-corrected chi connectivity index (χ3v) is 2.77. The summed E-state index contributed by atoms with van der Waals surface area (Å²) in [4.78, 5) is 0. The summed E-state index contributed by atoms with van der Waals surface area (Å²) in [6.45, 7) is 5.83. The third kappa shape index (κ3) is 3.01. The molecule has 2 N–H and O–H groups in total. The van der Waals surface area contributed by atoms with Gasteiger partial charge in [-0.3, -0.25) is 0 Å². The van der Waals surface area contributed by atoms with E-state index in [0.717, 1.165) is 6.07 Å². The van der Waals surface area contributed by atoms with Crippen LogP contribution >= 0.6 is 0 Å². The number of rotatable bonds is 3. The summed E-state index contributed by atoms with van der Waals surface area (Å²) in [6.07, 6.45) is -0.390. The van der Waals surface area contributed by atoms with Crippen molar-refractivity contribution in [2.45, 2.75) is 32.9 Å². The molecule has 0 aliphatic rings. The average molecular weight is 243 g/mol. The van der Waals surface area contributed by atoms with Crippen LogP contribution in [0.2, 0.25) is 0 Å². The fraction of sp³-hybridized carbons (Fsp3) is 0.538. The summed E-state index contributed by atoms with van der Waals surface area (Å²) in [5.74, 6) is -1.78. The Labute approximate surface area is 101 Å². The predicted molar refractivity (Wildman–Crippen MR) is 63.5 cm³/mol. The Morgan fingerprint density at radius 1 is 1.24 bits per heavy atom. The zero-order valence-corrected chi connectivity index (χ0v) is 10.6. The van der Waals surface area contributed by atoms with Gasteiger partial charge in [0.2, 0.25) is 0 Å². The molecule has 96 valence electrons. The molecule has 4 heteroatoms. The van der Waals surface area contributed by atoms with Crippen molar-refractivity contribution < 1.29 is 13.5 Å². The van der Waals surface area contributed by atoms with Crippen LogP contribution in [0, 0.1) is 17.0 Å². The molecule has 1 aromatic carbocycles. The summed E-state index contributed by atoms with van der Waals surface area (Å²) < 4.78 is 32.1. The second-order valence-electron chi connectivity index (χ2n) is 5.19. The zero-order valence-electron chi connectivity index (χ0n) is 10.6. The lowest BCUT2D eigenvalue weighted by molar-refractivity contribution is -0.00327. The Bertz CT molecular complexity index is 387. The molecule has 0 amide bonds. The Morgan fingerprint density at radius 3 is 2.29 bits per heavy atom. The SMILES string of the molecule is COC(C(N)c1cccc(F)c1F)C(C)(C)C. The molecule has 0 aliphatic heterocycles. The van der Waals surface area contributed by atoms with E-state index in [1.54, 1.807) is 0 Å². The molecule has 0 bridgehead atoms. The van der Waals surface area contributed by atoms with Crippen LogP contribution in [0.4, 0.5) is 8.78 Å². The van der Waals surface area contributed by atoms with Gasteiger partial charge in [0.15, 0.2) is 11.6 Å². The van der Waals surface area contributed by atoms with Crippen LogP contribution in [0.3, 0.4) is 0 Å². The highest BCUT2D eigenvalue weighted by Gasteiger charge is 2.32. The van der Waals surface area contributed by atoms with Crippen molar-refractivity contribution in [2.24, 2.45) is 11.1 Å². The van der Waals surface area contributed by atoms with Gasteiger partial charge in [-0.2, -0.15) is 0 Å². The summed E-state index contributed by atoms with van der Waals surface area (Å²) >= 11 is 0. The number of benzene rings is 1. The fourth-order valence-electron chi connectivity index (χ4n) is 1.98. The highest BCUT2D eigenvalue weighted by atomic mass is 19.2. The first-order valence-corrected chi connectivity index (χ1v) is 5.51. The lowest BCUT2D eigenvalue weighted by Gasteiger charge is -2.34. The molecule has 0 spiro atoms. The monoisotopic (exact) mass is 243 g/mol. The Kier molecular flexibility index (Phi) is 4.22. The van der Waals surface area contributed by atoms with Crippen molar-refractivity contribution in [3.8, 4) is 0 Å². The number of nitrogens with two attached hydrogens (primary N) is 1. The molecule has 17 heavy (non-hydrogen) atoms. The van der Waals surface area contributed by atoms with E-state index in [1.807, 2.05) is 20.8 Å². The van der Waals surface area contributed by atoms with Crippen LogP contribution in [0.5, 0.6) is 0 Å². The van der Waals surface area contributed by atoms with Crippen molar-refractivity contribution in [3.05, 3.63) is 35.4 Å². The molecule has 0 heterocycles. The molecular formula is C13H19F2NO. The van der Waals surface area contributed by atoms with E-state index in [2.05, 4.69) is 0 Å². The maximum absolute atomic E-state index is 13.6. The Hall–Kier alpha value is -1.00. The van der Waals surface area contributed by atoms with Gasteiger partial charge in [-0.1, -0.05) is 32.9 Å². The van der Waals surface area contributed by atoms with E-state index < -0.39 is 23.8 Å². The lowest BCUT2D eigenvalue weighted by Crippen LogP contribution is -2.39. The Balaban J connectivity index is 3.11. The molecule has 0 radical (unpaired) electrons. The van der Waals surface area contributed by atoms with Gasteiger partial charge < -0.3 is 10.5 Å². The van der Waals surface area contributed by atoms with Gasteiger partial charge in [0.05, 0.1) is 12.1 Å². The molecule has 1 aromatic rings. The largest absolute Gasteiger partial charge is 0.379 e. The van der Waals surface area contributed by atoms with E-state index in [0.29, 0.717) is 0 Å². The molecule has 0 saturated heterocycles. The summed E-state index contributed by atoms with van der Waals surface area (Å²) in [5.41, 5.74) is 5.86. The maximum atomic E-state index is 13.6. The van der Waals surface area contributed by atoms with Crippen molar-refractivity contribution in [2.75, 3.05) is 7.11 Å². The predicted octanol–water partition coefficient (Wildman–Crippen LogP) is 3.03. The number of halogens is 2. The number of hydrogen-bond donors (Lipinski definition) is 1. The number of methoxy groups -OCH3 is 1. The van der Waals surface area contributed by atoms with Crippen molar-refractivity contribution in [1.82, 2.24) is 0 Å². The minimum atomic E-state index is -0.897. The normalized spacial score (nSPS) is 15.7. The lowest BCUT2D eigenvalue weighted by atomic mass is 9.82. The van der Waals surface area contributed by atoms with Crippen molar-refractivity contribution in [1.29, 1.82) is 0 Å². The van der Waals surface area contributed by atoms with E-state index in [4.69, 9.17) is 10.5 Å². The van der Waals surface area contributed by atoms with Gasteiger partial charge >= 0.3 is 0 Å². The molecule has 0 saturated carbocycles. The quantitative estimate of drug-likeness (QED) is 0.885. The smallest absolute Gasteiger partial charge is 0.163 e. The van der Waals surface area contributed by atoms with E-state index in [1.165, 1.54) is 19.2 Å². The highest BCUT2D eigenvalue weighted by Crippen LogP contribution is 2.32. The van der Waals surface area contributed by atoms with Gasteiger partial charge in [0.1, 0.15) is 0 Å². The molecule has 0 aliphatic carbocycles. The molecule has 0 aromatic heterocycles. The summed E-state index contributed by atoms with van der Waals surface area (Å²) in [5, 5.41) is 0. The van der Waals surface area contributed by atoms with E-state index in [-0.39, 0.29) is 11.0 Å².